The van der Waals surface area contributed by atoms with Gasteiger partial charge in [0, 0.05) is 0 Å². The summed E-state index contributed by atoms with van der Waals surface area (Å²) >= 11 is 0. The molecule has 0 aliphatic carbocycles. The summed E-state index contributed by atoms with van der Waals surface area (Å²) in [6.45, 7) is 7.16. The number of hydrogen-bond donors (Lipinski definition) is 1. The Morgan fingerprint density at radius 2 is 2.27 bits per heavy atom. The first kappa shape index (κ1) is 14.3. The summed E-state index contributed by atoms with van der Waals surface area (Å²) in [5.41, 5.74) is 1.27. The number of pyridine rings is 1. The Balaban J connectivity index is 1.93. The van der Waals surface area contributed by atoms with Gasteiger partial charge in [-0.3, -0.25) is 0 Å². The van der Waals surface area contributed by atoms with Crippen LogP contribution in [0, 0.1) is 12.4 Å². The highest BCUT2D eigenvalue weighted by Crippen LogP contribution is 2.31. The molecule has 0 saturated heterocycles. The van der Waals surface area contributed by atoms with Gasteiger partial charge in [-0.1, -0.05) is 0 Å². The second kappa shape index (κ2) is 5.64. The highest BCUT2D eigenvalue weighted by Gasteiger charge is 2.29. The first-order chi connectivity index (χ1) is 10.6. The third-order valence-corrected chi connectivity index (χ3v) is 3.20. The van der Waals surface area contributed by atoms with Crippen molar-refractivity contribution in [3.8, 4) is 17.5 Å². The molecule has 2 aromatic rings. The zero-order chi connectivity index (χ0) is 15.7. The summed E-state index contributed by atoms with van der Waals surface area (Å²) in [7, 11) is 0.268. The molecule has 0 atom stereocenters. The van der Waals surface area contributed by atoms with Crippen LogP contribution >= 0.6 is 0 Å². The molecular weight excluding hydrogens is 290 g/mol. The molecule has 1 N–H and O–H groups in total. The molecule has 3 rings (SSSR count). The molecule has 0 radical (unpaired) electrons. The quantitative estimate of drug-likeness (QED) is 0.691. The predicted molar refractivity (Wildman–Crippen MR) is 75.9 cm³/mol. The number of hydrogen-bond acceptors (Lipinski definition) is 5. The van der Waals surface area contributed by atoms with E-state index in [-0.39, 0.29) is 29.8 Å². The molecule has 1 aromatic heterocycles. The van der Waals surface area contributed by atoms with E-state index in [0.29, 0.717) is 11.0 Å². The summed E-state index contributed by atoms with van der Waals surface area (Å²) in [6, 6.07) is 5.56. The van der Waals surface area contributed by atoms with Crippen LogP contribution in [0.4, 0.5) is 10.1 Å². The van der Waals surface area contributed by atoms with E-state index in [2.05, 4.69) is 9.83 Å². The van der Waals surface area contributed by atoms with Gasteiger partial charge >= 0.3 is 7.12 Å². The van der Waals surface area contributed by atoms with Gasteiger partial charge in [0.2, 0.25) is 17.4 Å². The van der Waals surface area contributed by atoms with Crippen LogP contribution in [0.5, 0.6) is 17.5 Å². The molecule has 2 heterocycles. The Kier molecular flexibility index (Phi) is 3.67. The molecule has 0 amide bonds. The summed E-state index contributed by atoms with van der Waals surface area (Å²) < 4.78 is 29.4. The number of nitrogens with zero attached hydrogens (tertiary/aromatic N) is 2. The fraction of sp³-hybridized carbons (Fsp3) is 0.143. The van der Waals surface area contributed by atoms with E-state index < -0.39 is 12.9 Å². The van der Waals surface area contributed by atoms with Crippen LogP contribution in [0.3, 0.4) is 0 Å². The normalized spacial score (nSPS) is 12.7. The second-order valence-electron chi connectivity index (χ2n) is 4.54. The Hall–Kier alpha value is -2.63. The van der Waals surface area contributed by atoms with E-state index in [1.54, 1.807) is 0 Å². The zero-order valence-electron chi connectivity index (χ0n) is 11.5. The molecule has 1 aromatic carbocycles. The fourth-order valence-corrected chi connectivity index (χ4v) is 2.12. The van der Waals surface area contributed by atoms with E-state index in [9.17, 15) is 9.41 Å². The molecule has 0 saturated carbocycles. The average Bonchev–Trinajstić information content (AvgIpc) is 2.88. The van der Waals surface area contributed by atoms with Crippen molar-refractivity contribution in [2.75, 3.05) is 7.11 Å². The van der Waals surface area contributed by atoms with Gasteiger partial charge in [0.1, 0.15) is 0 Å². The topological polar surface area (TPSA) is 65.2 Å². The minimum atomic E-state index is -1.12. The second-order valence-corrected chi connectivity index (χ2v) is 4.54. The highest BCUT2D eigenvalue weighted by molar-refractivity contribution is 6.61. The molecule has 8 heteroatoms. The van der Waals surface area contributed by atoms with Crippen molar-refractivity contribution in [2.45, 2.75) is 6.61 Å². The molecule has 22 heavy (non-hydrogen) atoms. The fourth-order valence-electron chi connectivity index (χ4n) is 2.12. The van der Waals surface area contributed by atoms with E-state index in [1.165, 1.54) is 31.4 Å². The summed E-state index contributed by atoms with van der Waals surface area (Å²) in [4.78, 5) is 7.25. The smallest absolute Gasteiger partial charge is 0.490 e. The number of fused-ring (bicyclic) bond motifs is 1. The summed E-state index contributed by atoms with van der Waals surface area (Å²) in [5.74, 6) is -0.477. The van der Waals surface area contributed by atoms with E-state index in [4.69, 9.17) is 20.7 Å². The van der Waals surface area contributed by atoms with Gasteiger partial charge in [0.25, 0.3) is 0 Å². The van der Waals surface area contributed by atoms with Crippen molar-refractivity contribution in [2.24, 2.45) is 0 Å². The average molecular weight is 300 g/mol. The molecule has 0 bridgehead atoms. The summed E-state index contributed by atoms with van der Waals surface area (Å²) in [6.07, 6.45) is 0. The van der Waals surface area contributed by atoms with Gasteiger partial charge in [-0.2, -0.15) is 4.98 Å². The Morgan fingerprint density at radius 3 is 3.00 bits per heavy atom. The molecule has 0 unspecified atom stereocenters. The van der Waals surface area contributed by atoms with E-state index >= 15 is 0 Å². The lowest BCUT2D eigenvalue weighted by Crippen LogP contribution is -2.28. The Labute approximate surface area is 126 Å². The van der Waals surface area contributed by atoms with Crippen LogP contribution in [-0.2, 0) is 11.3 Å². The number of rotatable bonds is 3. The van der Waals surface area contributed by atoms with Crippen LogP contribution in [0.1, 0.15) is 5.56 Å². The van der Waals surface area contributed by atoms with E-state index in [1.807, 2.05) is 0 Å². The van der Waals surface area contributed by atoms with Gasteiger partial charge in [-0.15, -0.1) is 0 Å². The van der Waals surface area contributed by atoms with Crippen LogP contribution < -0.4 is 14.9 Å². The van der Waals surface area contributed by atoms with Crippen LogP contribution in [-0.4, -0.2) is 24.2 Å². The van der Waals surface area contributed by atoms with Gasteiger partial charge in [-0.25, -0.2) is 9.24 Å². The van der Waals surface area contributed by atoms with Gasteiger partial charge in [0.05, 0.1) is 20.3 Å². The number of ether oxygens (including phenoxy) is 2. The van der Waals surface area contributed by atoms with Crippen LogP contribution in [0.2, 0.25) is 0 Å². The molecular formula is C14H10BFN2O4. The Morgan fingerprint density at radius 1 is 1.45 bits per heavy atom. The number of benzene rings is 1. The molecule has 1 aliphatic rings. The maximum Gasteiger partial charge on any atom is 0.491 e. The third-order valence-electron chi connectivity index (χ3n) is 3.20. The lowest BCUT2D eigenvalue weighted by atomic mass is 9.79. The van der Waals surface area contributed by atoms with Crippen LogP contribution in [0.15, 0.2) is 24.3 Å². The van der Waals surface area contributed by atoms with Gasteiger partial charge in [0.15, 0.2) is 11.6 Å². The minimum absolute atomic E-state index is 0.0402. The van der Waals surface area contributed by atoms with Crippen molar-refractivity contribution in [3.05, 3.63) is 47.1 Å². The molecule has 110 valence electrons. The lowest BCUT2D eigenvalue weighted by molar-refractivity contribution is 0.275. The first-order valence-corrected chi connectivity index (χ1v) is 6.34. The summed E-state index contributed by atoms with van der Waals surface area (Å²) in [5, 5.41) is 9.53. The standard InChI is InChI=1S/C14H10BFN2O4/c1-17-11-3-4-13(18-14(11)20-2)22-12-5-8-7-21-15(19)9(8)6-10(12)16/h3-6,19H,7H2,2H3. The molecule has 0 spiro atoms. The lowest BCUT2D eigenvalue weighted by Gasteiger charge is -2.09. The van der Waals surface area contributed by atoms with Crippen molar-refractivity contribution in [1.29, 1.82) is 0 Å². The first-order valence-electron chi connectivity index (χ1n) is 6.34. The Bertz CT molecular complexity index is 778. The van der Waals surface area contributed by atoms with Crippen molar-refractivity contribution >= 4 is 18.3 Å². The van der Waals surface area contributed by atoms with Crippen molar-refractivity contribution in [1.82, 2.24) is 4.98 Å². The monoisotopic (exact) mass is 300 g/mol. The number of aromatic nitrogens is 1. The third kappa shape index (κ3) is 2.48. The maximum atomic E-state index is 14.0. The minimum Gasteiger partial charge on any atom is -0.490 e. The molecule has 6 nitrogen and oxygen atoms in total. The van der Waals surface area contributed by atoms with Gasteiger partial charge in [-0.05, 0) is 35.3 Å². The highest BCUT2D eigenvalue weighted by atomic mass is 19.1. The maximum absolute atomic E-state index is 14.0. The van der Waals surface area contributed by atoms with Crippen molar-refractivity contribution in [3.63, 3.8) is 0 Å². The SMILES string of the molecule is [C-]#[N+]c1ccc(Oc2cc3c(cc2F)B(O)OC3)nc1OC. The largest absolute Gasteiger partial charge is 0.491 e. The number of halogens is 1. The van der Waals surface area contributed by atoms with E-state index in [0.717, 1.165) is 0 Å². The molecule has 0 fully saturated rings. The predicted octanol–water partition coefficient (Wildman–Crippen LogP) is 1.79. The molecule has 1 aliphatic heterocycles. The zero-order valence-corrected chi connectivity index (χ0v) is 11.5. The van der Waals surface area contributed by atoms with Gasteiger partial charge < -0.3 is 19.2 Å². The van der Waals surface area contributed by atoms with Crippen molar-refractivity contribution < 1.29 is 23.5 Å². The number of methoxy groups -OCH3 is 1. The van der Waals surface area contributed by atoms with Crippen LogP contribution in [0.25, 0.3) is 4.85 Å².